The van der Waals surface area contributed by atoms with E-state index in [0.29, 0.717) is 6.61 Å². The third kappa shape index (κ3) is 6.32. The van der Waals surface area contributed by atoms with Crippen LogP contribution < -0.4 is 5.32 Å². The van der Waals surface area contributed by atoms with Crippen LogP contribution in [0.2, 0.25) is 0 Å². The number of thioether (sulfide) groups is 1. The summed E-state index contributed by atoms with van der Waals surface area (Å²) in [6.45, 7) is 8.66. The van der Waals surface area contributed by atoms with Crippen molar-refractivity contribution >= 4 is 17.7 Å². The molecule has 0 radical (unpaired) electrons. The zero-order valence-corrected chi connectivity index (χ0v) is 12.7. The zero-order chi connectivity index (χ0) is 13.3. The van der Waals surface area contributed by atoms with E-state index < -0.39 is 5.54 Å². The molecule has 3 nitrogen and oxygen atoms in total. The largest absolute Gasteiger partial charge is 0.465 e. The van der Waals surface area contributed by atoms with Crippen molar-refractivity contribution in [2.24, 2.45) is 5.92 Å². The molecule has 1 N–H and O–H groups in total. The lowest BCUT2D eigenvalue weighted by Crippen LogP contribution is -2.49. The van der Waals surface area contributed by atoms with E-state index in [4.69, 9.17) is 4.74 Å². The van der Waals surface area contributed by atoms with Gasteiger partial charge in [0, 0.05) is 0 Å². The first-order valence-corrected chi connectivity index (χ1v) is 7.59. The third-order valence-corrected chi connectivity index (χ3v) is 4.42. The Hall–Kier alpha value is -0.220. The Bertz CT molecular complexity index is 223. The summed E-state index contributed by atoms with van der Waals surface area (Å²) in [6.07, 6.45) is 2.03. The van der Waals surface area contributed by atoms with E-state index in [1.54, 1.807) is 0 Å². The number of carbonyl (C=O) groups excluding carboxylic acids is 1. The van der Waals surface area contributed by atoms with Crippen LogP contribution in [0.25, 0.3) is 0 Å². The van der Waals surface area contributed by atoms with Gasteiger partial charge in [-0.15, -0.1) is 0 Å². The van der Waals surface area contributed by atoms with Gasteiger partial charge in [-0.3, -0.25) is 4.79 Å². The number of nitrogens with one attached hydrogen (secondary N) is 1. The highest BCUT2D eigenvalue weighted by Gasteiger charge is 2.32. The molecule has 0 saturated heterocycles. The summed E-state index contributed by atoms with van der Waals surface area (Å²) < 4.78 is 5.09. The molecule has 4 heteroatoms. The molecular formula is C13H27NO2S. The fourth-order valence-electron chi connectivity index (χ4n) is 1.30. The molecule has 0 spiro atoms. The summed E-state index contributed by atoms with van der Waals surface area (Å²) in [5.74, 6) is 2.76. The topological polar surface area (TPSA) is 38.3 Å². The fraction of sp³-hybridized carbons (Fsp3) is 0.923. The van der Waals surface area contributed by atoms with Gasteiger partial charge < -0.3 is 10.1 Å². The standard InChI is InChI=1S/C13H27NO2S/c1-6-11(3)10-17-9-8-13(4,14-5)12(15)16-7-2/h11,14H,6-10H2,1-5H3. The average Bonchev–Trinajstić information content (AvgIpc) is 2.34. The van der Waals surface area contributed by atoms with Crippen molar-refractivity contribution in [3.8, 4) is 0 Å². The van der Waals surface area contributed by atoms with Crippen molar-refractivity contribution in [2.45, 2.75) is 46.1 Å². The first-order valence-electron chi connectivity index (χ1n) is 6.44. The van der Waals surface area contributed by atoms with Crippen LogP contribution in [-0.2, 0) is 9.53 Å². The Balaban J connectivity index is 3.99. The normalized spacial score (nSPS) is 16.3. The van der Waals surface area contributed by atoms with Crippen LogP contribution in [0.5, 0.6) is 0 Å². The molecule has 2 atom stereocenters. The molecule has 0 aromatic rings. The maximum absolute atomic E-state index is 11.8. The van der Waals surface area contributed by atoms with Gasteiger partial charge in [0.05, 0.1) is 6.61 Å². The first-order chi connectivity index (χ1) is 8.00. The smallest absolute Gasteiger partial charge is 0.326 e. The van der Waals surface area contributed by atoms with E-state index in [1.165, 1.54) is 12.2 Å². The summed E-state index contributed by atoms with van der Waals surface area (Å²) in [5, 5.41) is 3.08. The van der Waals surface area contributed by atoms with E-state index in [0.717, 1.165) is 18.1 Å². The lowest BCUT2D eigenvalue weighted by molar-refractivity contribution is -0.150. The summed E-state index contributed by atoms with van der Waals surface area (Å²) >= 11 is 1.92. The number of rotatable bonds is 9. The van der Waals surface area contributed by atoms with Crippen molar-refractivity contribution in [3.63, 3.8) is 0 Å². The van der Waals surface area contributed by atoms with Gasteiger partial charge in [0.1, 0.15) is 5.54 Å². The Morgan fingerprint density at radius 3 is 2.59 bits per heavy atom. The molecule has 0 heterocycles. The molecule has 0 fully saturated rings. The predicted octanol–water partition coefficient (Wildman–Crippen LogP) is 2.70. The van der Waals surface area contributed by atoms with Gasteiger partial charge in [-0.05, 0) is 44.7 Å². The van der Waals surface area contributed by atoms with Crippen LogP contribution in [0.15, 0.2) is 0 Å². The van der Waals surface area contributed by atoms with Crippen LogP contribution in [-0.4, -0.2) is 36.7 Å². The monoisotopic (exact) mass is 261 g/mol. The highest BCUT2D eigenvalue weighted by atomic mass is 32.2. The quantitative estimate of drug-likeness (QED) is 0.511. The molecule has 2 unspecified atom stereocenters. The second-order valence-electron chi connectivity index (χ2n) is 4.64. The molecule has 102 valence electrons. The molecule has 0 aliphatic heterocycles. The van der Waals surface area contributed by atoms with Crippen LogP contribution in [0.4, 0.5) is 0 Å². The van der Waals surface area contributed by atoms with E-state index in [-0.39, 0.29) is 5.97 Å². The Morgan fingerprint density at radius 1 is 1.47 bits per heavy atom. The van der Waals surface area contributed by atoms with Gasteiger partial charge in [0.2, 0.25) is 0 Å². The van der Waals surface area contributed by atoms with Crippen molar-refractivity contribution in [1.29, 1.82) is 0 Å². The highest BCUT2D eigenvalue weighted by Crippen LogP contribution is 2.18. The van der Waals surface area contributed by atoms with Crippen LogP contribution in [0, 0.1) is 5.92 Å². The summed E-state index contributed by atoms with van der Waals surface area (Å²) in [5.41, 5.74) is -0.543. The predicted molar refractivity (Wildman–Crippen MR) is 75.5 cm³/mol. The Morgan fingerprint density at radius 2 is 2.12 bits per heavy atom. The van der Waals surface area contributed by atoms with Gasteiger partial charge in [-0.1, -0.05) is 20.3 Å². The SMILES string of the molecule is CCOC(=O)C(C)(CCSCC(C)CC)NC. The fourth-order valence-corrected chi connectivity index (χ4v) is 2.66. The average molecular weight is 261 g/mol. The third-order valence-electron chi connectivity index (χ3n) is 3.12. The molecule has 0 aromatic carbocycles. The lowest BCUT2D eigenvalue weighted by Gasteiger charge is -2.26. The molecule has 0 rings (SSSR count). The van der Waals surface area contributed by atoms with Crippen LogP contribution in [0.1, 0.15) is 40.5 Å². The van der Waals surface area contributed by atoms with Gasteiger partial charge in [0.25, 0.3) is 0 Å². The maximum atomic E-state index is 11.8. The van der Waals surface area contributed by atoms with Gasteiger partial charge >= 0.3 is 5.97 Å². The van der Waals surface area contributed by atoms with E-state index in [1.807, 2.05) is 32.7 Å². The molecule has 0 amide bonds. The van der Waals surface area contributed by atoms with E-state index in [2.05, 4.69) is 19.2 Å². The Labute approximate surface area is 110 Å². The Kier molecular flexibility index (Phi) is 8.70. The van der Waals surface area contributed by atoms with Crippen molar-refractivity contribution in [1.82, 2.24) is 5.32 Å². The number of ether oxygens (including phenoxy) is 1. The molecule has 0 aliphatic rings. The maximum Gasteiger partial charge on any atom is 0.326 e. The molecule has 0 aliphatic carbocycles. The van der Waals surface area contributed by atoms with Crippen molar-refractivity contribution in [3.05, 3.63) is 0 Å². The zero-order valence-electron chi connectivity index (χ0n) is 11.8. The van der Waals surface area contributed by atoms with E-state index in [9.17, 15) is 4.79 Å². The summed E-state index contributed by atoms with van der Waals surface area (Å²) in [4.78, 5) is 11.8. The lowest BCUT2D eigenvalue weighted by atomic mass is 10.00. The number of likely N-dealkylation sites (N-methyl/N-ethyl adjacent to an activating group) is 1. The second-order valence-corrected chi connectivity index (χ2v) is 5.79. The minimum atomic E-state index is -0.543. The highest BCUT2D eigenvalue weighted by molar-refractivity contribution is 7.99. The van der Waals surface area contributed by atoms with Crippen LogP contribution in [0.3, 0.4) is 0 Å². The second kappa shape index (κ2) is 8.81. The molecular weight excluding hydrogens is 234 g/mol. The van der Waals surface area contributed by atoms with Gasteiger partial charge in [-0.2, -0.15) is 11.8 Å². The number of esters is 1. The molecule has 17 heavy (non-hydrogen) atoms. The van der Waals surface area contributed by atoms with Crippen LogP contribution >= 0.6 is 11.8 Å². The number of carbonyl (C=O) groups is 1. The number of hydrogen-bond donors (Lipinski definition) is 1. The van der Waals surface area contributed by atoms with Crippen molar-refractivity contribution in [2.75, 3.05) is 25.2 Å². The minimum absolute atomic E-state index is 0.147. The molecule has 0 saturated carbocycles. The molecule has 0 bridgehead atoms. The molecule has 0 aromatic heterocycles. The minimum Gasteiger partial charge on any atom is -0.465 e. The van der Waals surface area contributed by atoms with Gasteiger partial charge in [0.15, 0.2) is 0 Å². The van der Waals surface area contributed by atoms with E-state index >= 15 is 0 Å². The summed E-state index contributed by atoms with van der Waals surface area (Å²) in [7, 11) is 1.82. The number of hydrogen-bond acceptors (Lipinski definition) is 4. The first kappa shape index (κ1) is 16.8. The summed E-state index contributed by atoms with van der Waals surface area (Å²) in [6, 6.07) is 0. The van der Waals surface area contributed by atoms with Crippen molar-refractivity contribution < 1.29 is 9.53 Å². The van der Waals surface area contributed by atoms with Gasteiger partial charge in [-0.25, -0.2) is 0 Å².